The molecule has 1 amide bonds. The number of carbonyl (C=O) groups is 1. The van der Waals surface area contributed by atoms with E-state index in [2.05, 4.69) is 4.98 Å². The number of aromatic nitrogens is 1. The van der Waals surface area contributed by atoms with E-state index in [1.54, 1.807) is 34.7 Å². The van der Waals surface area contributed by atoms with E-state index in [1.165, 1.54) is 0 Å². The predicted octanol–water partition coefficient (Wildman–Crippen LogP) is 5.87. The second-order valence-corrected chi connectivity index (χ2v) is 8.34. The second kappa shape index (κ2) is 10.6. The molecule has 5 nitrogen and oxygen atoms in total. The van der Waals surface area contributed by atoms with Gasteiger partial charge < -0.3 is 14.1 Å². The van der Waals surface area contributed by atoms with Crippen LogP contribution in [0.5, 0.6) is 5.75 Å². The lowest BCUT2D eigenvalue weighted by molar-refractivity contribution is -0.127. The smallest absolute Gasteiger partial charge is 0.247 e. The number of thiazole rings is 1. The number of rotatable bonds is 9. The fourth-order valence-electron chi connectivity index (χ4n) is 3.25. The Hall–Kier alpha value is -3.64. The van der Waals surface area contributed by atoms with E-state index in [4.69, 9.17) is 9.15 Å². The second-order valence-electron chi connectivity index (χ2n) is 7.28. The van der Waals surface area contributed by atoms with Crippen molar-refractivity contribution in [2.24, 2.45) is 0 Å². The molecule has 0 radical (unpaired) electrons. The standard InChI is InChI=1S/C26H24N2O3S/c1-20-27-23(19-32-20)18-31-25-12-6-5-10-22(25)13-14-26(29)28(17-24-11-7-15-30-24)16-21-8-3-2-4-9-21/h2-15,19H,16-18H2,1H3/b14-13+. The molecule has 4 aromatic rings. The van der Waals surface area contributed by atoms with Crippen LogP contribution in [-0.2, 0) is 24.5 Å². The number of nitrogens with zero attached hydrogens (tertiary/aromatic N) is 2. The molecule has 0 atom stereocenters. The van der Waals surface area contributed by atoms with Crippen molar-refractivity contribution in [1.82, 2.24) is 9.88 Å². The number of benzene rings is 2. The molecule has 2 aromatic heterocycles. The Morgan fingerprint density at radius 1 is 1.06 bits per heavy atom. The summed E-state index contributed by atoms with van der Waals surface area (Å²) in [5.41, 5.74) is 2.79. The summed E-state index contributed by atoms with van der Waals surface area (Å²) in [6.07, 6.45) is 5.00. The van der Waals surface area contributed by atoms with Crippen LogP contribution in [0.15, 0.2) is 88.9 Å². The Bertz CT molecular complexity index is 1170. The summed E-state index contributed by atoms with van der Waals surface area (Å²) >= 11 is 1.60. The van der Waals surface area contributed by atoms with Gasteiger partial charge in [0, 0.05) is 23.6 Å². The minimum Gasteiger partial charge on any atom is -0.487 e. The molecule has 0 bridgehead atoms. The molecule has 6 heteroatoms. The van der Waals surface area contributed by atoms with Crippen molar-refractivity contribution < 1.29 is 13.9 Å². The van der Waals surface area contributed by atoms with Gasteiger partial charge >= 0.3 is 0 Å². The number of aryl methyl sites for hydroxylation is 1. The Morgan fingerprint density at radius 3 is 2.62 bits per heavy atom. The molecule has 0 N–H and O–H groups in total. The average Bonchev–Trinajstić information content (AvgIpc) is 3.48. The van der Waals surface area contributed by atoms with Crippen molar-refractivity contribution in [3.8, 4) is 5.75 Å². The van der Waals surface area contributed by atoms with Crippen LogP contribution in [0.1, 0.15) is 27.6 Å². The van der Waals surface area contributed by atoms with Crippen LogP contribution in [0, 0.1) is 6.92 Å². The van der Waals surface area contributed by atoms with Crippen molar-refractivity contribution in [3.05, 3.63) is 112 Å². The van der Waals surface area contributed by atoms with Crippen molar-refractivity contribution in [2.45, 2.75) is 26.6 Å². The number of para-hydroxylation sites is 1. The third-order valence-corrected chi connectivity index (χ3v) is 5.64. The topological polar surface area (TPSA) is 55.6 Å². The van der Waals surface area contributed by atoms with Crippen LogP contribution in [0.4, 0.5) is 0 Å². The van der Waals surface area contributed by atoms with Crippen molar-refractivity contribution in [1.29, 1.82) is 0 Å². The van der Waals surface area contributed by atoms with Gasteiger partial charge in [0.15, 0.2) is 0 Å². The number of hydrogen-bond acceptors (Lipinski definition) is 5. The molecule has 4 rings (SSSR count). The fraction of sp³-hybridized carbons (Fsp3) is 0.154. The molecule has 0 aliphatic heterocycles. The van der Waals surface area contributed by atoms with E-state index < -0.39 is 0 Å². The summed E-state index contributed by atoms with van der Waals surface area (Å²) in [6, 6.07) is 21.3. The van der Waals surface area contributed by atoms with Gasteiger partial charge in [0.25, 0.3) is 0 Å². The summed E-state index contributed by atoms with van der Waals surface area (Å²) in [6.45, 7) is 3.25. The average molecular weight is 445 g/mol. The highest BCUT2D eigenvalue weighted by atomic mass is 32.1. The highest BCUT2D eigenvalue weighted by molar-refractivity contribution is 7.09. The van der Waals surface area contributed by atoms with Crippen LogP contribution in [0.25, 0.3) is 6.08 Å². The summed E-state index contributed by atoms with van der Waals surface area (Å²) < 4.78 is 11.4. The highest BCUT2D eigenvalue weighted by Gasteiger charge is 2.14. The van der Waals surface area contributed by atoms with Crippen LogP contribution < -0.4 is 4.74 Å². The van der Waals surface area contributed by atoms with E-state index in [0.29, 0.717) is 25.4 Å². The van der Waals surface area contributed by atoms with Gasteiger partial charge in [0.1, 0.15) is 18.1 Å². The molecule has 2 heterocycles. The van der Waals surface area contributed by atoms with E-state index in [1.807, 2.05) is 79.0 Å². The highest BCUT2D eigenvalue weighted by Crippen LogP contribution is 2.22. The molecule has 0 aliphatic carbocycles. The molecule has 0 aliphatic rings. The first-order chi connectivity index (χ1) is 15.7. The molecule has 0 fully saturated rings. The van der Waals surface area contributed by atoms with E-state index in [0.717, 1.165) is 27.6 Å². The molecule has 0 spiro atoms. The van der Waals surface area contributed by atoms with Crippen LogP contribution in [0.2, 0.25) is 0 Å². The summed E-state index contributed by atoms with van der Waals surface area (Å²) in [5.74, 6) is 1.35. The number of furan rings is 1. The summed E-state index contributed by atoms with van der Waals surface area (Å²) in [5, 5.41) is 3.00. The first-order valence-corrected chi connectivity index (χ1v) is 11.2. The maximum absolute atomic E-state index is 13.1. The molecule has 0 saturated carbocycles. The summed E-state index contributed by atoms with van der Waals surface area (Å²) in [4.78, 5) is 19.3. The number of carbonyl (C=O) groups excluding carboxylic acids is 1. The third-order valence-electron chi connectivity index (χ3n) is 4.82. The zero-order valence-corrected chi connectivity index (χ0v) is 18.6. The van der Waals surface area contributed by atoms with E-state index in [-0.39, 0.29) is 5.91 Å². The number of amides is 1. The fourth-order valence-corrected chi connectivity index (χ4v) is 3.85. The maximum atomic E-state index is 13.1. The van der Waals surface area contributed by atoms with E-state index >= 15 is 0 Å². The molecule has 0 unspecified atom stereocenters. The summed E-state index contributed by atoms with van der Waals surface area (Å²) in [7, 11) is 0. The Balaban J connectivity index is 1.48. The van der Waals surface area contributed by atoms with Gasteiger partial charge in [0.2, 0.25) is 5.91 Å². The Kier molecular flexibility index (Phi) is 7.15. The Labute approximate surface area is 191 Å². The molecule has 0 saturated heterocycles. The normalized spacial score (nSPS) is 11.0. The van der Waals surface area contributed by atoms with Crippen LogP contribution in [0.3, 0.4) is 0 Å². The predicted molar refractivity (Wildman–Crippen MR) is 126 cm³/mol. The number of hydrogen-bond donors (Lipinski definition) is 0. The SMILES string of the molecule is Cc1nc(COc2ccccc2/C=C/C(=O)N(Cc2ccccc2)Cc2ccco2)cs1. The molecular formula is C26H24N2O3S. The number of ether oxygens (including phenoxy) is 1. The van der Waals surface area contributed by atoms with Gasteiger partial charge in [-0.15, -0.1) is 11.3 Å². The molecular weight excluding hydrogens is 420 g/mol. The Morgan fingerprint density at radius 2 is 1.88 bits per heavy atom. The lowest BCUT2D eigenvalue weighted by atomic mass is 10.1. The largest absolute Gasteiger partial charge is 0.487 e. The first-order valence-electron chi connectivity index (χ1n) is 10.3. The van der Waals surface area contributed by atoms with Gasteiger partial charge in [0.05, 0.1) is 23.5 Å². The first kappa shape index (κ1) is 21.6. The van der Waals surface area contributed by atoms with Crippen molar-refractivity contribution in [2.75, 3.05) is 0 Å². The monoisotopic (exact) mass is 444 g/mol. The molecule has 32 heavy (non-hydrogen) atoms. The van der Waals surface area contributed by atoms with Gasteiger partial charge in [-0.2, -0.15) is 0 Å². The van der Waals surface area contributed by atoms with Crippen molar-refractivity contribution >= 4 is 23.3 Å². The zero-order chi connectivity index (χ0) is 22.2. The van der Waals surface area contributed by atoms with Crippen LogP contribution in [-0.4, -0.2) is 15.8 Å². The lowest BCUT2D eigenvalue weighted by Gasteiger charge is -2.20. The molecule has 2 aromatic carbocycles. The molecule has 162 valence electrons. The van der Waals surface area contributed by atoms with Gasteiger partial charge in [-0.05, 0) is 36.8 Å². The third kappa shape index (κ3) is 5.95. The quantitative estimate of drug-likeness (QED) is 0.303. The lowest BCUT2D eigenvalue weighted by Crippen LogP contribution is -2.28. The zero-order valence-electron chi connectivity index (χ0n) is 17.8. The maximum Gasteiger partial charge on any atom is 0.247 e. The van der Waals surface area contributed by atoms with E-state index in [9.17, 15) is 4.79 Å². The van der Waals surface area contributed by atoms with Gasteiger partial charge in [-0.3, -0.25) is 4.79 Å². The van der Waals surface area contributed by atoms with Gasteiger partial charge in [-0.25, -0.2) is 4.98 Å². The van der Waals surface area contributed by atoms with Gasteiger partial charge in [-0.1, -0.05) is 48.5 Å². The van der Waals surface area contributed by atoms with Crippen LogP contribution >= 0.6 is 11.3 Å². The minimum atomic E-state index is -0.102. The van der Waals surface area contributed by atoms with Crippen molar-refractivity contribution in [3.63, 3.8) is 0 Å². The minimum absolute atomic E-state index is 0.102.